The number of nitrogens with zero attached hydrogens (tertiary/aromatic N) is 1. The molecule has 0 saturated carbocycles. The average molecular weight is 371 g/mol. The molecule has 1 aliphatic rings. The zero-order chi connectivity index (χ0) is 15.8. The molecule has 1 N–H and O–H groups in total. The van der Waals surface area contributed by atoms with Gasteiger partial charge in [-0.05, 0) is 42.5 Å². The third-order valence-corrected chi connectivity index (χ3v) is 4.47. The zero-order valence-electron chi connectivity index (χ0n) is 12.5. The minimum absolute atomic E-state index is 0.0292. The predicted molar refractivity (Wildman–Crippen MR) is 94.3 cm³/mol. The zero-order valence-corrected chi connectivity index (χ0v) is 14.1. The van der Waals surface area contributed by atoms with Crippen LogP contribution in [0.3, 0.4) is 0 Å². The van der Waals surface area contributed by atoms with E-state index in [9.17, 15) is 0 Å². The number of pyridine rings is 1. The van der Waals surface area contributed by atoms with Crippen LogP contribution in [0.4, 0.5) is 5.82 Å². The van der Waals surface area contributed by atoms with Crippen LogP contribution in [0.2, 0.25) is 0 Å². The highest BCUT2D eigenvalue weighted by Gasteiger charge is 2.28. The monoisotopic (exact) mass is 370 g/mol. The number of halogens is 1. The van der Waals surface area contributed by atoms with Gasteiger partial charge in [0.1, 0.15) is 23.9 Å². The molecular weight excluding hydrogens is 356 g/mol. The molecule has 1 unspecified atom stereocenters. The summed E-state index contributed by atoms with van der Waals surface area (Å²) in [5.41, 5.74) is 2.00. The number of ether oxygens (including phenoxy) is 2. The van der Waals surface area contributed by atoms with E-state index in [1.54, 1.807) is 7.11 Å². The van der Waals surface area contributed by atoms with Crippen molar-refractivity contribution in [1.29, 1.82) is 0 Å². The molecule has 116 valence electrons. The number of rotatable bonds is 3. The number of fused-ring (bicyclic) bond motifs is 2. The van der Waals surface area contributed by atoms with Crippen molar-refractivity contribution in [3.63, 3.8) is 0 Å². The highest BCUT2D eigenvalue weighted by molar-refractivity contribution is 9.10. The van der Waals surface area contributed by atoms with E-state index in [1.165, 1.54) is 0 Å². The van der Waals surface area contributed by atoms with Crippen LogP contribution in [0, 0.1) is 0 Å². The molecule has 4 nitrogen and oxygen atoms in total. The molecule has 0 bridgehead atoms. The van der Waals surface area contributed by atoms with E-state index in [-0.39, 0.29) is 6.04 Å². The molecule has 2 aromatic carbocycles. The molecule has 1 aromatic heterocycles. The molecule has 0 spiro atoms. The first-order valence-corrected chi connectivity index (χ1v) is 8.16. The Hall–Kier alpha value is -2.27. The fraction of sp³-hybridized carbons (Fsp3) is 0.167. The van der Waals surface area contributed by atoms with Gasteiger partial charge in [-0.3, -0.25) is 0 Å². The first-order chi connectivity index (χ1) is 11.2. The summed E-state index contributed by atoms with van der Waals surface area (Å²) in [5, 5.41) is 4.55. The molecule has 1 atom stereocenters. The molecule has 0 aliphatic carbocycles. The van der Waals surface area contributed by atoms with Gasteiger partial charge in [-0.15, -0.1) is 0 Å². The van der Waals surface area contributed by atoms with Gasteiger partial charge in [0, 0.05) is 9.86 Å². The lowest BCUT2D eigenvalue weighted by atomic mass is 10.1. The van der Waals surface area contributed by atoms with E-state index >= 15 is 0 Å². The lowest BCUT2D eigenvalue weighted by Gasteiger charge is -2.15. The molecule has 2 heterocycles. The van der Waals surface area contributed by atoms with Gasteiger partial charge < -0.3 is 14.8 Å². The molecule has 4 rings (SSSR count). The van der Waals surface area contributed by atoms with Crippen LogP contribution >= 0.6 is 15.9 Å². The number of anilines is 1. The Morgan fingerprint density at radius 2 is 2.13 bits per heavy atom. The summed E-state index contributed by atoms with van der Waals surface area (Å²) in [6.45, 7) is 0.565. The Morgan fingerprint density at radius 1 is 1.22 bits per heavy atom. The van der Waals surface area contributed by atoms with E-state index < -0.39 is 0 Å². The van der Waals surface area contributed by atoms with Crippen molar-refractivity contribution in [2.45, 2.75) is 6.04 Å². The number of hydrogen-bond acceptors (Lipinski definition) is 4. The first-order valence-electron chi connectivity index (χ1n) is 7.37. The fourth-order valence-corrected chi connectivity index (χ4v) is 3.28. The SMILES string of the molecule is COc1cccc2c1C(Nc1ccc3cc(Br)ccc3n1)CO2. The van der Waals surface area contributed by atoms with Crippen LogP contribution in [0.1, 0.15) is 11.6 Å². The van der Waals surface area contributed by atoms with Crippen molar-refractivity contribution >= 4 is 32.7 Å². The maximum absolute atomic E-state index is 5.75. The fourth-order valence-electron chi connectivity index (χ4n) is 2.90. The average Bonchev–Trinajstić information content (AvgIpc) is 2.98. The largest absolute Gasteiger partial charge is 0.496 e. The van der Waals surface area contributed by atoms with Crippen molar-refractivity contribution in [2.24, 2.45) is 0 Å². The summed E-state index contributed by atoms with van der Waals surface area (Å²) >= 11 is 3.48. The summed E-state index contributed by atoms with van der Waals surface area (Å²) in [6.07, 6.45) is 0. The van der Waals surface area contributed by atoms with Crippen LogP contribution in [0.5, 0.6) is 11.5 Å². The minimum Gasteiger partial charge on any atom is -0.496 e. The molecule has 5 heteroatoms. The molecule has 23 heavy (non-hydrogen) atoms. The predicted octanol–water partition coefficient (Wildman–Crippen LogP) is 4.55. The Bertz CT molecular complexity index is 882. The van der Waals surface area contributed by atoms with Crippen LogP contribution in [-0.4, -0.2) is 18.7 Å². The summed E-state index contributed by atoms with van der Waals surface area (Å²) in [4.78, 5) is 4.68. The van der Waals surface area contributed by atoms with Gasteiger partial charge in [-0.1, -0.05) is 22.0 Å². The number of nitrogens with one attached hydrogen (secondary N) is 1. The van der Waals surface area contributed by atoms with Crippen molar-refractivity contribution in [3.8, 4) is 11.5 Å². The van der Waals surface area contributed by atoms with Crippen molar-refractivity contribution in [1.82, 2.24) is 4.98 Å². The lowest BCUT2D eigenvalue weighted by Crippen LogP contribution is -2.13. The van der Waals surface area contributed by atoms with Gasteiger partial charge in [0.15, 0.2) is 0 Å². The Balaban J connectivity index is 1.67. The Kier molecular flexibility index (Phi) is 3.58. The molecule has 0 fully saturated rings. The normalized spacial score (nSPS) is 16.0. The smallest absolute Gasteiger partial charge is 0.128 e. The number of methoxy groups -OCH3 is 1. The highest BCUT2D eigenvalue weighted by Crippen LogP contribution is 2.40. The van der Waals surface area contributed by atoms with E-state index in [4.69, 9.17) is 9.47 Å². The number of aromatic nitrogens is 1. The standard InChI is InChI=1S/C18H15BrN2O2/c1-22-15-3-2-4-16-18(15)14(10-23-16)21-17-8-5-11-9-12(19)6-7-13(11)20-17/h2-9,14H,10H2,1H3,(H,20,21). The maximum atomic E-state index is 5.75. The summed E-state index contributed by atoms with van der Waals surface area (Å²) in [6, 6.07) is 16.0. The van der Waals surface area contributed by atoms with E-state index in [0.717, 1.165) is 38.3 Å². The van der Waals surface area contributed by atoms with Gasteiger partial charge in [-0.25, -0.2) is 4.98 Å². The van der Waals surface area contributed by atoms with Crippen LogP contribution < -0.4 is 14.8 Å². The number of benzene rings is 2. The van der Waals surface area contributed by atoms with Crippen molar-refractivity contribution in [3.05, 3.63) is 58.6 Å². The van der Waals surface area contributed by atoms with E-state index in [2.05, 4.69) is 38.4 Å². The Labute approximate surface area is 142 Å². The molecular formula is C18H15BrN2O2. The van der Waals surface area contributed by atoms with Crippen LogP contribution in [0.25, 0.3) is 10.9 Å². The van der Waals surface area contributed by atoms with Crippen LogP contribution in [0.15, 0.2) is 53.0 Å². The number of hydrogen-bond donors (Lipinski definition) is 1. The van der Waals surface area contributed by atoms with Gasteiger partial charge >= 0.3 is 0 Å². The van der Waals surface area contributed by atoms with Crippen molar-refractivity contribution in [2.75, 3.05) is 19.0 Å². The van der Waals surface area contributed by atoms with Gasteiger partial charge in [0.05, 0.1) is 24.2 Å². The van der Waals surface area contributed by atoms with Gasteiger partial charge in [-0.2, -0.15) is 0 Å². The second-order valence-electron chi connectivity index (χ2n) is 5.41. The second kappa shape index (κ2) is 5.74. The van der Waals surface area contributed by atoms with Crippen molar-refractivity contribution < 1.29 is 9.47 Å². The molecule has 0 radical (unpaired) electrons. The maximum Gasteiger partial charge on any atom is 0.128 e. The third kappa shape index (κ3) is 2.61. The summed E-state index contributed by atoms with van der Waals surface area (Å²) in [7, 11) is 1.68. The molecule has 0 amide bonds. The quantitative estimate of drug-likeness (QED) is 0.734. The molecule has 1 aliphatic heterocycles. The second-order valence-corrected chi connectivity index (χ2v) is 6.33. The molecule has 0 saturated heterocycles. The highest BCUT2D eigenvalue weighted by atomic mass is 79.9. The van der Waals surface area contributed by atoms with E-state index in [1.807, 2.05) is 36.4 Å². The summed E-state index contributed by atoms with van der Waals surface area (Å²) in [5.74, 6) is 2.53. The van der Waals surface area contributed by atoms with Gasteiger partial charge in [0.25, 0.3) is 0 Å². The first kappa shape index (κ1) is 14.3. The molecule has 3 aromatic rings. The summed E-state index contributed by atoms with van der Waals surface area (Å²) < 4.78 is 12.3. The third-order valence-electron chi connectivity index (χ3n) is 3.97. The van der Waals surface area contributed by atoms with E-state index in [0.29, 0.717) is 6.61 Å². The lowest BCUT2D eigenvalue weighted by molar-refractivity contribution is 0.339. The minimum atomic E-state index is 0.0292. The van der Waals surface area contributed by atoms with Crippen LogP contribution in [-0.2, 0) is 0 Å². The topological polar surface area (TPSA) is 43.4 Å². The Morgan fingerprint density at radius 3 is 3.00 bits per heavy atom. The van der Waals surface area contributed by atoms with Gasteiger partial charge in [0.2, 0.25) is 0 Å².